The number of hydrogen-bond donors (Lipinski definition) is 1. The molecule has 2 rings (SSSR count). The average molecular weight is 261 g/mol. The minimum Gasteiger partial charge on any atom is -0.369 e. The van der Waals surface area contributed by atoms with Gasteiger partial charge in [0.1, 0.15) is 0 Å². The molecule has 1 saturated heterocycles. The van der Waals surface area contributed by atoms with Crippen LogP contribution in [-0.2, 0) is 0 Å². The molecule has 1 heterocycles. The predicted molar refractivity (Wildman–Crippen MR) is 82.9 cm³/mol. The van der Waals surface area contributed by atoms with E-state index in [2.05, 4.69) is 47.9 Å². The summed E-state index contributed by atoms with van der Waals surface area (Å²) in [5.74, 6) is 0.662. The topological polar surface area (TPSA) is 32.5 Å². The highest BCUT2D eigenvalue weighted by Gasteiger charge is 2.16. The van der Waals surface area contributed by atoms with Crippen LogP contribution in [0.5, 0.6) is 0 Å². The average Bonchev–Trinajstić information content (AvgIpc) is 2.48. The SMILES string of the molecule is CCC(C)c1ccc(N2CCN(CCN)CC2)cc1. The second-order valence-electron chi connectivity index (χ2n) is 5.52. The Kier molecular flexibility index (Phi) is 5.23. The molecule has 0 aromatic heterocycles. The molecule has 1 aliphatic rings. The Morgan fingerprint density at radius 3 is 2.26 bits per heavy atom. The van der Waals surface area contributed by atoms with Crippen LogP contribution >= 0.6 is 0 Å². The third-order valence-corrected chi connectivity index (χ3v) is 4.26. The van der Waals surface area contributed by atoms with E-state index in [0.717, 1.165) is 39.3 Å². The summed E-state index contributed by atoms with van der Waals surface area (Å²) in [6.07, 6.45) is 1.21. The van der Waals surface area contributed by atoms with Crippen LogP contribution in [0.1, 0.15) is 31.7 Å². The van der Waals surface area contributed by atoms with Gasteiger partial charge in [-0.15, -0.1) is 0 Å². The number of rotatable bonds is 5. The highest BCUT2D eigenvalue weighted by molar-refractivity contribution is 5.48. The Hall–Kier alpha value is -1.06. The van der Waals surface area contributed by atoms with Crippen LogP contribution in [0.2, 0.25) is 0 Å². The molecule has 0 bridgehead atoms. The Morgan fingerprint density at radius 2 is 1.74 bits per heavy atom. The number of nitrogens with two attached hydrogens (primary N) is 1. The molecule has 106 valence electrons. The van der Waals surface area contributed by atoms with Crippen molar-refractivity contribution in [2.75, 3.05) is 44.2 Å². The Balaban J connectivity index is 1.92. The smallest absolute Gasteiger partial charge is 0.0367 e. The van der Waals surface area contributed by atoms with E-state index in [1.54, 1.807) is 0 Å². The van der Waals surface area contributed by atoms with Gasteiger partial charge in [-0.3, -0.25) is 4.90 Å². The van der Waals surface area contributed by atoms with Crippen LogP contribution in [0.15, 0.2) is 24.3 Å². The summed E-state index contributed by atoms with van der Waals surface area (Å²) in [7, 11) is 0. The molecule has 3 heteroatoms. The zero-order valence-corrected chi connectivity index (χ0v) is 12.3. The van der Waals surface area contributed by atoms with E-state index in [1.165, 1.54) is 17.7 Å². The molecule has 19 heavy (non-hydrogen) atoms. The number of anilines is 1. The molecule has 0 saturated carbocycles. The molecule has 1 aromatic carbocycles. The fourth-order valence-electron chi connectivity index (χ4n) is 2.66. The van der Waals surface area contributed by atoms with Crippen LogP contribution in [0.4, 0.5) is 5.69 Å². The van der Waals surface area contributed by atoms with E-state index in [1.807, 2.05) is 0 Å². The quantitative estimate of drug-likeness (QED) is 0.882. The summed E-state index contributed by atoms with van der Waals surface area (Å²) in [6.45, 7) is 10.8. The fraction of sp³-hybridized carbons (Fsp3) is 0.625. The number of piperazine rings is 1. The van der Waals surface area contributed by atoms with Crippen molar-refractivity contribution < 1.29 is 0 Å². The van der Waals surface area contributed by atoms with Crippen molar-refractivity contribution in [3.8, 4) is 0 Å². The van der Waals surface area contributed by atoms with Crippen molar-refractivity contribution >= 4 is 5.69 Å². The maximum atomic E-state index is 5.61. The van der Waals surface area contributed by atoms with E-state index < -0.39 is 0 Å². The van der Waals surface area contributed by atoms with E-state index in [4.69, 9.17) is 5.73 Å². The molecule has 0 radical (unpaired) electrons. The number of nitrogens with zero attached hydrogens (tertiary/aromatic N) is 2. The molecule has 1 aliphatic heterocycles. The lowest BCUT2D eigenvalue weighted by Crippen LogP contribution is -2.47. The largest absolute Gasteiger partial charge is 0.369 e. The molecular formula is C16H27N3. The zero-order chi connectivity index (χ0) is 13.7. The molecule has 0 amide bonds. The summed E-state index contributed by atoms with van der Waals surface area (Å²) < 4.78 is 0. The third kappa shape index (κ3) is 3.71. The molecule has 1 aromatic rings. The lowest BCUT2D eigenvalue weighted by Gasteiger charge is -2.36. The van der Waals surface area contributed by atoms with Crippen LogP contribution in [0, 0.1) is 0 Å². The molecule has 3 nitrogen and oxygen atoms in total. The fourth-order valence-corrected chi connectivity index (χ4v) is 2.66. The minimum absolute atomic E-state index is 0.662. The van der Waals surface area contributed by atoms with Crippen LogP contribution in [0.25, 0.3) is 0 Å². The van der Waals surface area contributed by atoms with Crippen molar-refractivity contribution in [3.63, 3.8) is 0 Å². The molecule has 1 atom stereocenters. The van der Waals surface area contributed by atoms with Gasteiger partial charge in [-0.05, 0) is 30.0 Å². The van der Waals surface area contributed by atoms with Crippen molar-refractivity contribution in [1.29, 1.82) is 0 Å². The van der Waals surface area contributed by atoms with E-state index in [0.29, 0.717) is 5.92 Å². The first kappa shape index (κ1) is 14.4. The zero-order valence-electron chi connectivity index (χ0n) is 12.3. The van der Waals surface area contributed by atoms with E-state index in [-0.39, 0.29) is 0 Å². The number of benzene rings is 1. The highest BCUT2D eigenvalue weighted by atomic mass is 15.3. The van der Waals surface area contributed by atoms with Gasteiger partial charge in [0, 0.05) is 45.0 Å². The van der Waals surface area contributed by atoms with Gasteiger partial charge in [0.2, 0.25) is 0 Å². The van der Waals surface area contributed by atoms with Gasteiger partial charge in [0.15, 0.2) is 0 Å². The normalized spacial score (nSPS) is 18.6. The molecule has 0 aliphatic carbocycles. The van der Waals surface area contributed by atoms with Crippen molar-refractivity contribution in [2.45, 2.75) is 26.2 Å². The molecule has 2 N–H and O–H groups in total. The summed E-state index contributed by atoms with van der Waals surface area (Å²) in [5, 5.41) is 0. The first-order valence-electron chi connectivity index (χ1n) is 7.52. The summed E-state index contributed by atoms with van der Waals surface area (Å²) in [6, 6.07) is 9.13. The van der Waals surface area contributed by atoms with E-state index >= 15 is 0 Å². The lowest BCUT2D eigenvalue weighted by molar-refractivity contribution is 0.265. The molecule has 1 unspecified atom stereocenters. The van der Waals surface area contributed by atoms with Gasteiger partial charge in [0.05, 0.1) is 0 Å². The van der Waals surface area contributed by atoms with Crippen molar-refractivity contribution in [1.82, 2.24) is 4.90 Å². The maximum Gasteiger partial charge on any atom is 0.0367 e. The second-order valence-corrected chi connectivity index (χ2v) is 5.52. The van der Waals surface area contributed by atoms with Crippen molar-refractivity contribution in [3.05, 3.63) is 29.8 Å². The second kappa shape index (κ2) is 6.92. The van der Waals surface area contributed by atoms with Gasteiger partial charge in [-0.25, -0.2) is 0 Å². The van der Waals surface area contributed by atoms with E-state index in [9.17, 15) is 0 Å². The summed E-state index contributed by atoms with van der Waals surface area (Å²) >= 11 is 0. The van der Waals surface area contributed by atoms with Crippen LogP contribution < -0.4 is 10.6 Å². The monoisotopic (exact) mass is 261 g/mol. The lowest BCUT2D eigenvalue weighted by atomic mass is 9.98. The molecule has 0 spiro atoms. The molecular weight excluding hydrogens is 234 g/mol. The van der Waals surface area contributed by atoms with Crippen LogP contribution in [0.3, 0.4) is 0 Å². The third-order valence-electron chi connectivity index (χ3n) is 4.26. The Morgan fingerprint density at radius 1 is 1.11 bits per heavy atom. The number of hydrogen-bond acceptors (Lipinski definition) is 3. The van der Waals surface area contributed by atoms with Gasteiger partial charge in [-0.2, -0.15) is 0 Å². The van der Waals surface area contributed by atoms with Crippen LogP contribution in [-0.4, -0.2) is 44.2 Å². The first-order valence-corrected chi connectivity index (χ1v) is 7.52. The maximum absolute atomic E-state index is 5.61. The van der Waals surface area contributed by atoms with Gasteiger partial charge in [-0.1, -0.05) is 26.0 Å². The van der Waals surface area contributed by atoms with Gasteiger partial charge >= 0.3 is 0 Å². The minimum atomic E-state index is 0.662. The highest BCUT2D eigenvalue weighted by Crippen LogP contribution is 2.23. The Labute approximate surface area is 117 Å². The molecule has 1 fully saturated rings. The summed E-state index contributed by atoms with van der Waals surface area (Å²) in [5.41, 5.74) is 8.42. The summed E-state index contributed by atoms with van der Waals surface area (Å²) in [4.78, 5) is 4.93. The van der Waals surface area contributed by atoms with Gasteiger partial charge < -0.3 is 10.6 Å². The standard InChI is InChI=1S/C16H27N3/c1-3-14(2)15-4-6-16(7-5-15)19-12-10-18(9-8-17)11-13-19/h4-7,14H,3,8-13,17H2,1-2H3. The predicted octanol–water partition coefficient (Wildman–Crippen LogP) is 2.28. The first-order chi connectivity index (χ1) is 9.24. The van der Waals surface area contributed by atoms with Gasteiger partial charge in [0.25, 0.3) is 0 Å². The van der Waals surface area contributed by atoms with Crippen molar-refractivity contribution in [2.24, 2.45) is 5.73 Å². The Bertz CT molecular complexity index is 366.